The molecular weight excluding hydrogens is 292 g/mol. The van der Waals surface area contributed by atoms with Crippen LogP contribution in [0.5, 0.6) is 0 Å². The molecule has 0 unspecified atom stereocenters. The molecular formula is C12H8MgN2O6. The van der Waals surface area contributed by atoms with Crippen molar-refractivity contribution in [2.24, 2.45) is 0 Å². The number of H-pyrrole nitrogens is 2. The third-order valence-corrected chi connectivity index (χ3v) is 2.02. The Bertz CT molecular complexity index is 673. The van der Waals surface area contributed by atoms with Crippen LogP contribution in [-0.2, 0) is 0 Å². The number of aromatic amines is 2. The summed E-state index contributed by atoms with van der Waals surface area (Å²) in [4.78, 5) is 45.6. The Kier molecular flexibility index (Phi) is 7.72. The Morgan fingerprint density at radius 1 is 0.810 bits per heavy atom. The summed E-state index contributed by atoms with van der Waals surface area (Å²) in [5, 5.41) is 20.2. The molecule has 0 saturated heterocycles. The van der Waals surface area contributed by atoms with Crippen LogP contribution in [0, 0.1) is 0 Å². The molecule has 0 amide bonds. The standard InChI is InChI=1S/2C6H5NO3.Mg/c2*8-5-3-4(6(9)10)1-2-7-5;/h2*1-3H,(H,7,8)(H,9,10);/q;;+2/p-2. The van der Waals surface area contributed by atoms with Crippen LogP contribution in [0.25, 0.3) is 0 Å². The van der Waals surface area contributed by atoms with Gasteiger partial charge in [0.1, 0.15) is 0 Å². The van der Waals surface area contributed by atoms with Crippen molar-refractivity contribution in [2.45, 2.75) is 0 Å². The van der Waals surface area contributed by atoms with E-state index < -0.39 is 23.1 Å². The minimum absolute atomic E-state index is 0. The largest absolute Gasteiger partial charge is 2.00 e. The van der Waals surface area contributed by atoms with Gasteiger partial charge in [-0.15, -0.1) is 0 Å². The molecule has 0 bridgehead atoms. The Morgan fingerprint density at radius 3 is 1.33 bits per heavy atom. The van der Waals surface area contributed by atoms with E-state index in [1.165, 1.54) is 24.5 Å². The predicted octanol–water partition coefficient (Wildman–Crippen LogP) is -2.90. The van der Waals surface area contributed by atoms with Crippen molar-refractivity contribution in [3.8, 4) is 0 Å². The third kappa shape index (κ3) is 6.54. The van der Waals surface area contributed by atoms with Gasteiger partial charge >= 0.3 is 23.1 Å². The molecule has 2 aromatic rings. The number of carbonyl (C=O) groups excluding carboxylic acids is 2. The smallest absolute Gasteiger partial charge is 0.545 e. The van der Waals surface area contributed by atoms with E-state index >= 15 is 0 Å². The quantitative estimate of drug-likeness (QED) is 0.569. The van der Waals surface area contributed by atoms with E-state index in [1.54, 1.807) is 0 Å². The van der Waals surface area contributed by atoms with Crippen LogP contribution in [-0.4, -0.2) is 45.0 Å². The molecule has 2 aromatic heterocycles. The summed E-state index contributed by atoms with van der Waals surface area (Å²) in [6.07, 6.45) is 2.51. The average Bonchev–Trinajstić information content (AvgIpc) is 2.39. The number of hydrogen-bond acceptors (Lipinski definition) is 6. The second-order valence-electron chi connectivity index (χ2n) is 3.46. The number of pyridine rings is 2. The molecule has 0 aromatic carbocycles. The maximum atomic E-state index is 10.4. The fraction of sp³-hybridized carbons (Fsp3) is 0. The van der Waals surface area contributed by atoms with Crippen LogP contribution >= 0.6 is 0 Å². The maximum Gasteiger partial charge on any atom is 2.00 e. The van der Waals surface area contributed by atoms with Crippen LogP contribution < -0.4 is 21.3 Å². The fourth-order valence-electron chi connectivity index (χ4n) is 1.14. The minimum Gasteiger partial charge on any atom is -0.545 e. The SMILES string of the molecule is O=C([O-])c1cc[nH]c(=O)c1.O=C([O-])c1cc[nH]c(=O)c1.[Mg+2]. The summed E-state index contributed by atoms with van der Waals surface area (Å²) in [5.74, 6) is -2.68. The predicted molar refractivity (Wildman–Crippen MR) is 68.5 cm³/mol. The Morgan fingerprint density at radius 2 is 1.14 bits per heavy atom. The van der Waals surface area contributed by atoms with Crippen molar-refractivity contribution < 1.29 is 19.8 Å². The van der Waals surface area contributed by atoms with Crippen LogP contribution in [0.1, 0.15) is 20.7 Å². The Balaban J connectivity index is 0.000000364. The summed E-state index contributed by atoms with van der Waals surface area (Å²) in [7, 11) is 0. The van der Waals surface area contributed by atoms with Gasteiger partial charge in [-0.05, 0) is 12.1 Å². The van der Waals surface area contributed by atoms with Crippen molar-refractivity contribution in [3.05, 3.63) is 68.5 Å². The number of rotatable bonds is 2. The number of nitrogens with one attached hydrogen (secondary N) is 2. The minimum atomic E-state index is -1.34. The summed E-state index contributed by atoms with van der Waals surface area (Å²) in [6, 6.07) is 4.46. The van der Waals surface area contributed by atoms with E-state index in [-0.39, 0.29) is 34.2 Å². The first-order chi connectivity index (χ1) is 9.40. The molecule has 2 heterocycles. The van der Waals surface area contributed by atoms with Crippen molar-refractivity contribution in [1.29, 1.82) is 0 Å². The zero-order valence-electron chi connectivity index (χ0n) is 10.6. The van der Waals surface area contributed by atoms with Gasteiger partial charge in [-0.25, -0.2) is 0 Å². The van der Waals surface area contributed by atoms with Crippen molar-refractivity contribution >= 4 is 35.0 Å². The molecule has 0 radical (unpaired) electrons. The number of carboxylic acids is 2. The van der Waals surface area contributed by atoms with E-state index in [1.807, 2.05) is 0 Å². The van der Waals surface area contributed by atoms with E-state index in [9.17, 15) is 29.4 Å². The number of carboxylic acid groups (broad SMARTS) is 2. The Hall–Kier alpha value is -2.39. The molecule has 8 nitrogen and oxygen atoms in total. The molecule has 2 N–H and O–H groups in total. The topological polar surface area (TPSA) is 146 Å². The first-order valence-electron chi connectivity index (χ1n) is 5.20. The molecule has 9 heteroatoms. The van der Waals surface area contributed by atoms with Gasteiger partial charge in [0.25, 0.3) is 0 Å². The third-order valence-electron chi connectivity index (χ3n) is 2.02. The zero-order chi connectivity index (χ0) is 15.1. The van der Waals surface area contributed by atoms with Gasteiger partial charge in [0.2, 0.25) is 11.1 Å². The van der Waals surface area contributed by atoms with Crippen LogP contribution in [0.4, 0.5) is 0 Å². The van der Waals surface area contributed by atoms with Crippen molar-refractivity contribution in [1.82, 2.24) is 9.97 Å². The van der Waals surface area contributed by atoms with E-state index in [2.05, 4.69) is 9.97 Å². The van der Waals surface area contributed by atoms with Gasteiger partial charge in [0.15, 0.2) is 0 Å². The molecule has 0 fully saturated rings. The van der Waals surface area contributed by atoms with Gasteiger partial charge < -0.3 is 29.8 Å². The van der Waals surface area contributed by atoms with E-state index in [0.29, 0.717) is 0 Å². The van der Waals surface area contributed by atoms with Crippen molar-refractivity contribution in [2.75, 3.05) is 0 Å². The second kappa shape index (κ2) is 8.71. The van der Waals surface area contributed by atoms with Crippen LogP contribution in [0.2, 0.25) is 0 Å². The molecule has 0 spiro atoms. The van der Waals surface area contributed by atoms with Gasteiger partial charge in [-0.1, -0.05) is 0 Å². The molecule has 0 saturated carbocycles. The van der Waals surface area contributed by atoms with Gasteiger partial charge in [0.05, 0.1) is 11.9 Å². The van der Waals surface area contributed by atoms with Gasteiger partial charge in [-0.2, -0.15) is 0 Å². The van der Waals surface area contributed by atoms with Crippen LogP contribution in [0.15, 0.2) is 46.2 Å². The average molecular weight is 301 g/mol. The van der Waals surface area contributed by atoms with E-state index in [0.717, 1.165) is 12.1 Å². The summed E-state index contributed by atoms with van der Waals surface area (Å²) < 4.78 is 0. The molecule has 0 aliphatic rings. The zero-order valence-corrected chi connectivity index (χ0v) is 12.0. The molecule has 0 atom stereocenters. The van der Waals surface area contributed by atoms with Gasteiger partial charge in [0, 0.05) is 35.7 Å². The maximum absolute atomic E-state index is 10.4. The Labute approximate surface area is 133 Å². The number of hydrogen-bond donors (Lipinski definition) is 2. The monoisotopic (exact) mass is 300 g/mol. The molecule has 2 rings (SSSR count). The fourth-order valence-corrected chi connectivity index (χ4v) is 1.14. The molecule has 0 aliphatic heterocycles. The van der Waals surface area contributed by atoms with Gasteiger partial charge in [-0.3, -0.25) is 9.59 Å². The summed E-state index contributed by atoms with van der Waals surface area (Å²) >= 11 is 0. The van der Waals surface area contributed by atoms with Crippen molar-refractivity contribution in [3.63, 3.8) is 0 Å². The first kappa shape index (κ1) is 18.6. The first-order valence-corrected chi connectivity index (χ1v) is 5.20. The van der Waals surface area contributed by atoms with Crippen LogP contribution in [0.3, 0.4) is 0 Å². The normalized spacial score (nSPS) is 8.76. The molecule has 21 heavy (non-hydrogen) atoms. The number of aromatic carboxylic acids is 2. The summed E-state index contributed by atoms with van der Waals surface area (Å²) in [5.41, 5.74) is -1.10. The number of carbonyl (C=O) groups is 2. The molecule has 104 valence electrons. The summed E-state index contributed by atoms with van der Waals surface area (Å²) in [6.45, 7) is 0. The second-order valence-corrected chi connectivity index (χ2v) is 3.46. The molecule has 0 aliphatic carbocycles. The van der Waals surface area contributed by atoms with E-state index in [4.69, 9.17) is 0 Å². The number of aromatic nitrogens is 2.